The zero-order valence-corrected chi connectivity index (χ0v) is 10.7. The van der Waals surface area contributed by atoms with Gasteiger partial charge in [0.15, 0.2) is 0 Å². The van der Waals surface area contributed by atoms with Crippen LogP contribution >= 0.6 is 11.6 Å². The van der Waals surface area contributed by atoms with Gasteiger partial charge < -0.3 is 10.5 Å². The lowest BCUT2D eigenvalue weighted by atomic mass is 10.2. The van der Waals surface area contributed by atoms with E-state index in [0.29, 0.717) is 22.4 Å². The first-order chi connectivity index (χ1) is 9.11. The maximum atomic E-state index is 11.6. The Hall–Kier alpha value is -2.34. The number of hydrogen-bond acceptors (Lipinski definition) is 5. The largest absolute Gasteiger partial charge is 0.465 e. The fourth-order valence-corrected chi connectivity index (χ4v) is 2.20. The van der Waals surface area contributed by atoms with Gasteiger partial charge in [0.05, 0.1) is 41.3 Å². The number of fused-ring (bicyclic) bond motifs is 3. The summed E-state index contributed by atoms with van der Waals surface area (Å²) in [4.78, 5) is 19.9. The minimum Gasteiger partial charge on any atom is -0.465 e. The van der Waals surface area contributed by atoms with Gasteiger partial charge in [-0.25, -0.2) is 14.8 Å². The monoisotopic (exact) mass is 276 g/mol. The number of nitrogens with zero attached hydrogens (tertiary/aromatic N) is 3. The number of carbonyl (C=O) groups excluding carboxylic acids is 1. The molecule has 0 fully saturated rings. The minimum absolute atomic E-state index is 0.269. The van der Waals surface area contributed by atoms with Crippen molar-refractivity contribution in [3.63, 3.8) is 0 Å². The third-order valence-corrected chi connectivity index (χ3v) is 3.18. The SMILES string of the molecule is COC(=O)c1cc2c(cc1Cl)nc(N)c1cncn12. The van der Waals surface area contributed by atoms with E-state index in [-0.39, 0.29) is 10.6 Å². The maximum absolute atomic E-state index is 11.6. The van der Waals surface area contributed by atoms with Gasteiger partial charge in [-0.2, -0.15) is 0 Å². The number of carbonyl (C=O) groups is 1. The van der Waals surface area contributed by atoms with Crippen molar-refractivity contribution in [1.29, 1.82) is 0 Å². The van der Waals surface area contributed by atoms with Gasteiger partial charge in [-0.05, 0) is 12.1 Å². The molecule has 3 aromatic rings. The molecule has 3 rings (SSSR count). The number of nitrogen functional groups attached to an aromatic ring is 1. The van der Waals surface area contributed by atoms with Crippen LogP contribution < -0.4 is 5.73 Å². The number of hydrogen-bond donors (Lipinski definition) is 1. The van der Waals surface area contributed by atoms with E-state index in [1.807, 2.05) is 0 Å². The van der Waals surface area contributed by atoms with Gasteiger partial charge >= 0.3 is 5.97 Å². The van der Waals surface area contributed by atoms with Crippen LogP contribution in [0.5, 0.6) is 0 Å². The molecule has 0 aliphatic heterocycles. The molecule has 0 amide bonds. The molecule has 0 saturated heterocycles. The normalized spacial score (nSPS) is 11.1. The number of benzene rings is 1. The Morgan fingerprint density at radius 2 is 2.21 bits per heavy atom. The Labute approximate surface area is 112 Å². The van der Waals surface area contributed by atoms with Crippen LogP contribution in [0.15, 0.2) is 24.7 Å². The quantitative estimate of drug-likeness (QED) is 0.687. The summed E-state index contributed by atoms with van der Waals surface area (Å²) >= 11 is 6.05. The highest BCUT2D eigenvalue weighted by molar-refractivity contribution is 6.34. The number of esters is 1. The van der Waals surface area contributed by atoms with Crippen LogP contribution in [0.2, 0.25) is 5.02 Å². The van der Waals surface area contributed by atoms with Crippen molar-refractivity contribution >= 4 is 39.9 Å². The lowest BCUT2D eigenvalue weighted by Gasteiger charge is -2.08. The molecule has 2 aromatic heterocycles. The van der Waals surface area contributed by atoms with E-state index < -0.39 is 5.97 Å². The van der Waals surface area contributed by atoms with E-state index in [9.17, 15) is 4.79 Å². The van der Waals surface area contributed by atoms with Crippen LogP contribution in [0.3, 0.4) is 0 Å². The number of methoxy groups -OCH3 is 1. The molecule has 0 radical (unpaired) electrons. The zero-order valence-electron chi connectivity index (χ0n) is 9.92. The van der Waals surface area contributed by atoms with Crippen molar-refractivity contribution in [3.8, 4) is 0 Å². The first-order valence-electron chi connectivity index (χ1n) is 5.41. The van der Waals surface area contributed by atoms with Crippen molar-refractivity contribution in [2.24, 2.45) is 0 Å². The molecule has 6 nitrogen and oxygen atoms in total. The molecule has 2 heterocycles. The summed E-state index contributed by atoms with van der Waals surface area (Å²) in [5.74, 6) is -0.149. The number of halogens is 1. The van der Waals surface area contributed by atoms with Crippen molar-refractivity contribution in [3.05, 3.63) is 35.2 Å². The molecule has 19 heavy (non-hydrogen) atoms. The van der Waals surface area contributed by atoms with Gasteiger partial charge in [-0.3, -0.25) is 4.40 Å². The second-order valence-corrected chi connectivity index (χ2v) is 4.37. The molecule has 0 bridgehead atoms. The standard InChI is InChI=1S/C12H9ClN4O2/c1-19-12(18)6-2-9-8(3-7(6)13)16-11(14)10-4-15-5-17(9)10/h2-5H,1H3,(H2,14,16). The predicted octanol–water partition coefficient (Wildman–Crippen LogP) is 1.90. The first kappa shape index (κ1) is 11.7. The highest BCUT2D eigenvalue weighted by Gasteiger charge is 2.15. The Morgan fingerprint density at radius 1 is 1.42 bits per heavy atom. The summed E-state index contributed by atoms with van der Waals surface area (Å²) in [6.45, 7) is 0. The Bertz CT molecular complexity index is 812. The molecule has 96 valence electrons. The van der Waals surface area contributed by atoms with Gasteiger partial charge in [0.25, 0.3) is 0 Å². The predicted molar refractivity (Wildman–Crippen MR) is 71.3 cm³/mol. The maximum Gasteiger partial charge on any atom is 0.339 e. The van der Waals surface area contributed by atoms with Crippen LogP contribution in [0.1, 0.15) is 10.4 Å². The van der Waals surface area contributed by atoms with Gasteiger partial charge in [-0.1, -0.05) is 11.6 Å². The fourth-order valence-electron chi connectivity index (χ4n) is 1.96. The number of ether oxygens (including phenoxy) is 1. The lowest BCUT2D eigenvalue weighted by Crippen LogP contribution is -2.04. The van der Waals surface area contributed by atoms with Crippen LogP contribution in [0.4, 0.5) is 5.82 Å². The molecule has 2 N–H and O–H groups in total. The second-order valence-electron chi connectivity index (χ2n) is 3.96. The van der Waals surface area contributed by atoms with Gasteiger partial charge in [0.2, 0.25) is 0 Å². The first-order valence-corrected chi connectivity index (χ1v) is 5.78. The minimum atomic E-state index is -0.503. The fraction of sp³-hybridized carbons (Fsp3) is 0.0833. The van der Waals surface area contributed by atoms with Crippen molar-refractivity contribution in [1.82, 2.24) is 14.4 Å². The van der Waals surface area contributed by atoms with Crippen LogP contribution in [0.25, 0.3) is 16.6 Å². The van der Waals surface area contributed by atoms with Crippen LogP contribution in [0, 0.1) is 0 Å². The number of imidazole rings is 1. The Morgan fingerprint density at radius 3 is 2.95 bits per heavy atom. The molecular formula is C12H9ClN4O2. The summed E-state index contributed by atoms with van der Waals surface area (Å²) in [5.41, 5.74) is 8.05. The highest BCUT2D eigenvalue weighted by atomic mass is 35.5. The molecule has 0 aliphatic rings. The number of nitrogens with two attached hydrogens (primary N) is 1. The highest BCUT2D eigenvalue weighted by Crippen LogP contribution is 2.26. The average Bonchev–Trinajstić information content (AvgIpc) is 2.87. The Kier molecular flexibility index (Phi) is 2.53. The summed E-state index contributed by atoms with van der Waals surface area (Å²) in [6.07, 6.45) is 3.21. The zero-order chi connectivity index (χ0) is 13.6. The molecule has 1 aromatic carbocycles. The van der Waals surface area contributed by atoms with E-state index in [2.05, 4.69) is 14.7 Å². The number of anilines is 1. The Balaban J connectivity index is 2.43. The van der Waals surface area contributed by atoms with E-state index >= 15 is 0 Å². The molecule has 0 aliphatic carbocycles. The summed E-state index contributed by atoms with van der Waals surface area (Å²) in [6, 6.07) is 3.20. The smallest absolute Gasteiger partial charge is 0.339 e. The second kappa shape index (κ2) is 4.10. The van der Waals surface area contributed by atoms with E-state index in [0.717, 1.165) is 0 Å². The third-order valence-electron chi connectivity index (χ3n) is 2.87. The molecule has 0 spiro atoms. The van der Waals surface area contributed by atoms with Crippen molar-refractivity contribution < 1.29 is 9.53 Å². The summed E-state index contributed by atoms with van der Waals surface area (Å²) < 4.78 is 6.44. The third kappa shape index (κ3) is 1.68. The van der Waals surface area contributed by atoms with Gasteiger partial charge in [-0.15, -0.1) is 0 Å². The van der Waals surface area contributed by atoms with Gasteiger partial charge in [0, 0.05) is 0 Å². The molecule has 0 unspecified atom stereocenters. The van der Waals surface area contributed by atoms with Gasteiger partial charge in [0.1, 0.15) is 11.3 Å². The topological polar surface area (TPSA) is 82.5 Å². The number of rotatable bonds is 1. The van der Waals surface area contributed by atoms with E-state index in [4.69, 9.17) is 17.3 Å². The van der Waals surface area contributed by atoms with Crippen LogP contribution in [-0.4, -0.2) is 27.4 Å². The van der Waals surface area contributed by atoms with Crippen molar-refractivity contribution in [2.45, 2.75) is 0 Å². The number of aromatic nitrogens is 3. The molecule has 0 saturated carbocycles. The lowest BCUT2D eigenvalue weighted by molar-refractivity contribution is 0.0601. The molecular weight excluding hydrogens is 268 g/mol. The summed E-state index contributed by atoms with van der Waals surface area (Å²) in [5, 5.41) is 0.269. The summed E-state index contributed by atoms with van der Waals surface area (Å²) in [7, 11) is 1.30. The van der Waals surface area contributed by atoms with E-state index in [1.165, 1.54) is 7.11 Å². The molecule has 7 heteroatoms. The molecule has 0 atom stereocenters. The van der Waals surface area contributed by atoms with Crippen molar-refractivity contribution in [2.75, 3.05) is 12.8 Å². The van der Waals surface area contributed by atoms with Crippen LogP contribution in [-0.2, 0) is 4.74 Å². The average molecular weight is 277 g/mol. The van der Waals surface area contributed by atoms with E-state index in [1.54, 1.807) is 29.1 Å².